The van der Waals surface area contributed by atoms with Crippen molar-refractivity contribution in [2.45, 2.75) is 13.3 Å². The highest BCUT2D eigenvalue weighted by Crippen LogP contribution is 2.34. The Kier molecular flexibility index (Phi) is 6.23. The average molecular weight is 412 g/mol. The zero-order chi connectivity index (χ0) is 21.0. The highest BCUT2D eigenvalue weighted by Gasteiger charge is 2.30. The molecule has 1 heterocycles. The molecule has 0 atom stereocenters. The number of amidine groups is 1. The zero-order valence-corrected chi connectivity index (χ0v) is 16.8. The highest BCUT2D eigenvalue weighted by molar-refractivity contribution is 8.18. The summed E-state index contributed by atoms with van der Waals surface area (Å²) in [6.45, 7) is 2.70. The van der Waals surface area contributed by atoms with Gasteiger partial charge in [0.2, 0.25) is 0 Å². The van der Waals surface area contributed by atoms with E-state index in [1.807, 2.05) is 31.2 Å². The first-order valence-electron chi connectivity index (χ1n) is 8.94. The first-order chi connectivity index (χ1) is 13.9. The van der Waals surface area contributed by atoms with Crippen molar-refractivity contribution in [3.05, 3.63) is 58.5 Å². The SMILES string of the molecule is CCCOc1ccc(/C=C2\SC(=Nc3ccc(C(=O)O)c(O)c3)N(C)C2=O)cc1. The number of amides is 1. The third-order valence-corrected chi connectivity index (χ3v) is 5.15. The molecule has 0 saturated carbocycles. The van der Waals surface area contributed by atoms with E-state index >= 15 is 0 Å². The van der Waals surface area contributed by atoms with E-state index in [0.717, 1.165) is 17.7 Å². The fourth-order valence-corrected chi connectivity index (χ4v) is 3.55. The Morgan fingerprint density at radius 2 is 1.97 bits per heavy atom. The lowest BCUT2D eigenvalue weighted by Crippen LogP contribution is -2.23. The molecule has 0 aromatic heterocycles. The number of phenols is 1. The van der Waals surface area contributed by atoms with Gasteiger partial charge in [0.05, 0.1) is 17.2 Å². The third kappa shape index (κ3) is 4.78. The number of ether oxygens (including phenoxy) is 1. The van der Waals surface area contributed by atoms with Crippen molar-refractivity contribution in [1.29, 1.82) is 0 Å². The van der Waals surface area contributed by atoms with E-state index in [1.54, 1.807) is 13.1 Å². The maximum absolute atomic E-state index is 12.5. The van der Waals surface area contributed by atoms with Gasteiger partial charge in [-0.05, 0) is 54.1 Å². The second-order valence-corrected chi connectivity index (χ2v) is 7.30. The van der Waals surface area contributed by atoms with Crippen molar-refractivity contribution in [1.82, 2.24) is 4.90 Å². The molecular weight excluding hydrogens is 392 g/mol. The van der Waals surface area contributed by atoms with Crippen LogP contribution in [0, 0.1) is 0 Å². The zero-order valence-electron chi connectivity index (χ0n) is 16.0. The molecule has 7 nitrogen and oxygen atoms in total. The number of benzene rings is 2. The Morgan fingerprint density at radius 3 is 2.59 bits per heavy atom. The van der Waals surface area contributed by atoms with Crippen molar-refractivity contribution >= 4 is 40.6 Å². The predicted octanol–water partition coefficient (Wildman–Crippen LogP) is 4.11. The summed E-state index contributed by atoms with van der Waals surface area (Å²) >= 11 is 1.21. The van der Waals surface area contributed by atoms with Gasteiger partial charge in [-0.1, -0.05) is 19.1 Å². The van der Waals surface area contributed by atoms with Crippen molar-refractivity contribution in [2.75, 3.05) is 13.7 Å². The summed E-state index contributed by atoms with van der Waals surface area (Å²) in [5.41, 5.74) is 1.01. The van der Waals surface area contributed by atoms with Crippen LogP contribution in [-0.2, 0) is 4.79 Å². The van der Waals surface area contributed by atoms with Gasteiger partial charge in [0, 0.05) is 13.1 Å². The van der Waals surface area contributed by atoms with Crippen LogP contribution < -0.4 is 4.74 Å². The van der Waals surface area contributed by atoms with Crippen LogP contribution in [0.2, 0.25) is 0 Å². The number of rotatable bonds is 6. The molecule has 0 radical (unpaired) electrons. The number of aliphatic imine (C=N–C) groups is 1. The number of likely N-dealkylation sites (N-methyl/N-ethyl adjacent to an activating group) is 1. The van der Waals surface area contributed by atoms with Crippen LogP contribution in [0.5, 0.6) is 11.5 Å². The number of aromatic hydroxyl groups is 1. The van der Waals surface area contributed by atoms with Gasteiger partial charge in [0.1, 0.15) is 17.1 Å². The number of carbonyl (C=O) groups excluding carboxylic acids is 1. The van der Waals surface area contributed by atoms with Crippen LogP contribution in [0.25, 0.3) is 6.08 Å². The van der Waals surface area contributed by atoms with Crippen LogP contribution in [0.15, 0.2) is 52.4 Å². The maximum Gasteiger partial charge on any atom is 0.339 e. The van der Waals surface area contributed by atoms with Gasteiger partial charge in [-0.2, -0.15) is 0 Å². The van der Waals surface area contributed by atoms with Crippen LogP contribution in [-0.4, -0.2) is 45.8 Å². The number of carbonyl (C=O) groups is 2. The molecule has 29 heavy (non-hydrogen) atoms. The summed E-state index contributed by atoms with van der Waals surface area (Å²) in [5.74, 6) is -1.01. The lowest BCUT2D eigenvalue weighted by molar-refractivity contribution is -0.121. The quantitative estimate of drug-likeness (QED) is 0.693. The Bertz CT molecular complexity index is 999. The molecule has 2 aromatic carbocycles. The van der Waals surface area contributed by atoms with Gasteiger partial charge < -0.3 is 14.9 Å². The summed E-state index contributed by atoms with van der Waals surface area (Å²) in [4.78, 5) is 29.8. The first kappa shape index (κ1) is 20.5. The van der Waals surface area contributed by atoms with E-state index in [9.17, 15) is 14.7 Å². The van der Waals surface area contributed by atoms with E-state index in [1.165, 1.54) is 34.9 Å². The summed E-state index contributed by atoms with van der Waals surface area (Å²) in [6, 6.07) is 11.5. The van der Waals surface area contributed by atoms with Crippen molar-refractivity contribution in [2.24, 2.45) is 4.99 Å². The molecule has 1 aliphatic rings. The standard InChI is InChI=1S/C21H20N2O5S/c1-3-10-28-15-7-4-13(5-8-15)11-18-19(25)23(2)21(29-18)22-14-6-9-16(20(26)27)17(24)12-14/h4-9,11-12,24H,3,10H2,1-2H3,(H,26,27)/b18-11-,22-21?. The van der Waals surface area contributed by atoms with Crippen LogP contribution in [0.4, 0.5) is 5.69 Å². The molecular formula is C21H20N2O5S. The molecule has 3 rings (SSSR count). The van der Waals surface area contributed by atoms with Gasteiger partial charge in [-0.3, -0.25) is 9.69 Å². The molecule has 8 heteroatoms. The molecule has 1 fully saturated rings. The molecule has 1 amide bonds. The largest absolute Gasteiger partial charge is 0.507 e. The Morgan fingerprint density at radius 1 is 1.24 bits per heavy atom. The molecule has 150 valence electrons. The number of nitrogens with zero attached hydrogens (tertiary/aromatic N) is 2. The molecule has 0 aliphatic carbocycles. The summed E-state index contributed by atoms with van der Waals surface area (Å²) in [6.07, 6.45) is 2.71. The minimum absolute atomic E-state index is 0.188. The monoisotopic (exact) mass is 412 g/mol. The number of aromatic carboxylic acids is 1. The van der Waals surface area contributed by atoms with Crippen LogP contribution in [0.1, 0.15) is 29.3 Å². The Hall–Kier alpha value is -3.26. The number of hydrogen-bond acceptors (Lipinski definition) is 6. The number of thioether (sulfide) groups is 1. The topological polar surface area (TPSA) is 99.4 Å². The molecule has 2 aromatic rings. The minimum atomic E-state index is -1.22. The lowest BCUT2D eigenvalue weighted by atomic mass is 10.2. The lowest BCUT2D eigenvalue weighted by Gasteiger charge is -2.07. The second kappa shape index (κ2) is 8.83. The molecule has 1 aliphatic heterocycles. The van der Waals surface area contributed by atoms with Gasteiger partial charge in [0.15, 0.2) is 5.17 Å². The molecule has 2 N–H and O–H groups in total. The fraction of sp³-hybridized carbons (Fsp3) is 0.190. The van der Waals surface area contributed by atoms with Crippen LogP contribution >= 0.6 is 11.8 Å². The average Bonchev–Trinajstić information content (AvgIpc) is 2.95. The summed E-state index contributed by atoms with van der Waals surface area (Å²) in [5, 5.41) is 19.2. The first-order valence-corrected chi connectivity index (χ1v) is 9.76. The van der Waals surface area contributed by atoms with E-state index in [4.69, 9.17) is 9.84 Å². The minimum Gasteiger partial charge on any atom is -0.507 e. The van der Waals surface area contributed by atoms with Gasteiger partial charge in [-0.15, -0.1) is 0 Å². The second-order valence-electron chi connectivity index (χ2n) is 6.29. The number of hydrogen-bond donors (Lipinski definition) is 2. The van der Waals surface area contributed by atoms with Gasteiger partial charge in [-0.25, -0.2) is 9.79 Å². The van der Waals surface area contributed by atoms with Crippen molar-refractivity contribution < 1.29 is 24.5 Å². The van der Waals surface area contributed by atoms with Crippen LogP contribution in [0.3, 0.4) is 0 Å². The number of carboxylic acid groups (broad SMARTS) is 1. The smallest absolute Gasteiger partial charge is 0.339 e. The van der Waals surface area contributed by atoms with E-state index < -0.39 is 5.97 Å². The van der Waals surface area contributed by atoms with E-state index in [2.05, 4.69) is 4.99 Å². The summed E-state index contributed by atoms with van der Waals surface area (Å²) in [7, 11) is 1.61. The van der Waals surface area contributed by atoms with Crippen molar-refractivity contribution in [3.8, 4) is 11.5 Å². The Labute approximate surface area is 172 Å². The molecule has 0 spiro atoms. The van der Waals surface area contributed by atoms with Crippen molar-refractivity contribution in [3.63, 3.8) is 0 Å². The molecule has 0 bridgehead atoms. The predicted molar refractivity (Wildman–Crippen MR) is 113 cm³/mol. The Balaban J connectivity index is 1.80. The molecule has 1 saturated heterocycles. The normalized spacial score (nSPS) is 16.6. The highest BCUT2D eigenvalue weighted by atomic mass is 32.2. The van der Waals surface area contributed by atoms with E-state index in [0.29, 0.717) is 22.4 Å². The van der Waals surface area contributed by atoms with E-state index in [-0.39, 0.29) is 17.2 Å². The summed E-state index contributed by atoms with van der Waals surface area (Å²) < 4.78 is 5.56. The number of carboxylic acids is 1. The fourth-order valence-electron chi connectivity index (χ4n) is 2.56. The maximum atomic E-state index is 12.5. The third-order valence-electron chi connectivity index (χ3n) is 4.09. The van der Waals surface area contributed by atoms with Gasteiger partial charge >= 0.3 is 5.97 Å². The molecule has 0 unspecified atom stereocenters. The van der Waals surface area contributed by atoms with Gasteiger partial charge in [0.25, 0.3) is 5.91 Å².